The van der Waals surface area contributed by atoms with Gasteiger partial charge in [0, 0.05) is 24.6 Å². The minimum atomic E-state index is 0.00780. The zero-order valence-electron chi connectivity index (χ0n) is 13.7. The van der Waals surface area contributed by atoms with E-state index in [1.165, 1.54) is 58.0 Å². The zero-order valence-corrected chi connectivity index (χ0v) is 13.7. The maximum Gasteiger partial charge on any atom is 0.121 e. The van der Waals surface area contributed by atoms with Gasteiger partial charge in [-0.3, -0.25) is 0 Å². The summed E-state index contributed by atoms with van der Waals surface area (Å²) in [7, 11) is 1.79. The van der Waals surface area contributed by atoms with Crippen LogP contribution in [-0.4, -0.2) is 36.2 Å². The number of hydrogen-bond acceptors (Lipinski definition) is 3. The topological polar surface area (TPSA) is 32.7 Å². The number of piperidine rings is 1. The van der Waals surface area contributed by atoms with E-state index in [2.05, 4.69) is 4.90 Å². The van der Waals surface area contributed by atoms with E-state index in [-0.39, 0.29) is 6.10 Å². The van der Waals surface area contributed by atoms with Gasteiger partial charge in [0.2, 0.25) is 0 Å². The Morgan fingerprint density at radius 2 is 1.77 bits per heavy atom. The molecule has 1 heterocycles. The van der Waals surface area contributed by atoms with Crippen LogP contribution in [0.25, 0.3) is 0 Å². The molecule has 0 aromatic heterocycles. The van der Waals surface area contributed by atoms with Crippen molar-refractivity contribution < 1.29 is 9.84 Å². The Morgan fingerprint density at radius 3 is 2.50 bits per heavy atom. The average Bonchev–Trinajstić information content (AvgIpc) is 2.58. The summed E-state index contributed by atoms with van der Waals surface area (Å²) in [6.07, 6.45) is 9.13. The Morgan fingerprint density at radius 1 is 1.05 bits per heavy atom. The van der Waals surface area contributed by atoms with Crippen molar-refractivity contribution in [2.45, 2.75) is 57.1 Å². The van der Waals surface area contributed by atoms with Crippen molar-refractivity contribution in [3.05, 3.63) is 29.8 Å². The van der Waals surface area contributed by atoms with E-state index in [0.717, 1.165) is 5.56 Å². The molecule has 3 nitrogen and oxygen atoms in total. The van der Waals surface area contributed by atoms with Crippen molar-refractivity contribution in [3.8, 4) is 5.75 Å². The first-order valence-electron chi connectivity index (χ1n) is 8.86. The maximum absolute atomic E-state index is 10.2. The predicted molar refractivity (Wildman–Crippen MR) is 89.0 cm³/mol. The Labute approximate surface area is 134 Å². The molecule has 22 heavy (non-hydrogen) atoms. The van der Waals surface area contributed by atoms with Gasteiger partial charge in [-0.25, -0.2) is 0 Å². The number of phenolic OH excluding ortho intramolecular Hbond substituents is 1. The number of methoxy groups -OCH3 is 1. The molecule has 1 aliphatic carbocycles. The summed E-state index contributed by atoms with van der Waals surface area (Å²) in [4.78, 5) is 2.69. The van der Waals surface area contributed by atoms with Gasteiger partial charge in [0.05, 0.1) is 6.10 Å². The summed E-state index contributed by atoms with van der Waals surface area (Å²) in [5.74, 6) is 0.863. The molecule has 0 amide bonds. The van der Waals surface area contributed by atoms with Crippen LogP contribution in [0.1, 0.15) is 56.6 Å². The molecule has 3 heteroatoms. The predicted octanol–water partition coefficient (Wildman–Crippen LogP) is 4.12. The van der Waals surface area contributed by atoms with Crippen LogP contribution in [0.3, 0.4) is 0 Å². The standard InChI is InChI=1S/C19H29NO2/c1-22-19(16-10-4-6-12-18(16)21)15-9-3-5-11-17(15)20-13-7-2-8-14-20/h4,6,10,12,15,17,19,21H,2-3,5,7-9,11,13-14H2,1H3/t15-,17-,19-/m1/s1. The second kappa shape index (κ2) is 7.47. The normalized spacial score (nSPS) is 28.4. The number of hydrogen-bond donors (Lipinski definition) is 1. The molecule has 1 saturated heterocycles. The van der Waals surface area contributed by atoms with E-state index in [4.69, 9.17) is 4.74 Å². The minimum Gasteiger partial charge on any atom is -0.508 e. The lowest BCUT2D eigenvalue weighted by Gasteiger charge is -2.44. The molecule has 0 spiro atoms. The Hall–Kier alpha value is -1.06. The molecule has 1 aliphatic heterocycles. The Kier molecular flexibility index (Phi) is 5.37. The van der Waals surface area contributed by atoms with Crippen molar-refractivity contribution in [2.75, 3.05) is 20.2 Å². The molecule has 1 N–H and O–H groups in total. The molecule has 0 bridgehead atoms. The fourth-order valence-corrected chi connectivity index (χ4v) is 4.46. The fourth-order valence-electron chi connectivity index (χ4n) is 4.46. The first-order valence-corrected chi connectivity index (χ1v) is 8.86. The number of nitrogens with zero attached hydrogens (tertiary/aromatic N) is 1. The number of ether oxygens (including phenoxy) is 1. The third kappa shape index (κ3) is 3.31. The zero-order chi connectivity index (χ0) is 15.4. The molecule has 1 saturated carbocycles. The third-order valence-electron chi connectivity index (χ3n) is 5.53. The van der Waals surface area contributed by atoms with Gasteiger partial charge in [0.15, 0.2) is 0 Å². The van der Waals surface area contributed by atoms with Crippen LogP contribution >= 0.6 is 0 Å². The molecular formula is C19H29NO2. The number of benzene rings is 1. The van der Waals surface area contributed by atoms with Gasteiger partial charge in [0.25, 0.3) is 0 Å². The average molecular weight is 303 g/mol. The minimum absolute atomic E-state index is 0.00780. The summed E-state index contributed by atoms with van der Waals surface area (Å²) < 4.78 is 5.89. The molecule has 3 atom stereocenters. The number of likely N-dealkylation sites (tertiary alicyclic amines) is 1. The van der Waals surface area contributed by atoms with Gasteiger partial charge < -0.3 is 14.7 Å². The fraction of sp³-hybridized carbons (Fsp3) is 0.684. The van der Waals surface area contributed by atoms with Gasteiger partial charge in [-0.15, -0.1) is 0 Å². The van der Waals surface area contributed by atoms with Crippen LogP contribution in [-0.2, 0) is 4.74 Å². The molecule has 2 aliphatic rings. The maximum atomic E-state index is 10.2. The molecule has 0 unspecified atom stereocenters. The van der Waals surface area contributed by atoms with E-state index >= 15 is 0 Å². The largest absolute Gasteiger partial charge is 0.508 e. The second-order valence-corrected chi connectivity index (χ2v) is 6.83. The number of rotatable bonds is 4. The van der Waals surface area contributed by atoms with E-state index in [1.54, 1.807) is 13.2 Å². The highest BCUT2D eigenvalue weighted by Gasteiger charge is 2.37. The van der Waals surface area contributed by atoms with Crippen molar-refractivity contribution in [1.29, 1.82) is 0 Å². The summed E-state index contributed by atoms with van der Waals surface area (Å²) in [6, 6.07) is 8.29. The summed E-state index contributed by atoms with van der Waals surface area (Å²) in [6.45, 7) is 2.47. The quantitative estimate of drug-likeness (QED) is 0.908. The van der Waals surface area contributed by atoms with Gasteiger partial charge in [-0.2, -0.15) is 0 Å². The highest BCUT2D eigenvalue weighted by Crippen LogP contribution is 2.42. The number of para-hydroxylation sites is 1. The summed E-state index contributed by atoms with van der Waals surface area (Å²) in [5, 5.41) is 10.2. The van der Waals surface area contributed by atoms with Gasteiger partial charge in [-0.1, -0.05) is 37.5 Å². The van der Waals surface area contributed by atoms with Crippen molar-refractivity contribution >= 4 is 0 Å². The smallest absolute Gasteiger partial charge is 0.121 e. The van der Waals surface area contributed by atoms with Gasteiger partial charge in [0.1, 0.15) is 5.75 Å². The lowest BCUT2D eigenvalue weighted by atomic mass is 9.77. The molecule has 1 aromatic rings. The lowest BCUT2D eigenvalue weighted by molar-refractivity contribution is -0.0213. The SMILES string of the molecule is CO[C@@H](c1ccccc1O)[C@@H]1CCCC[C@H]1N1CCCCC1. The number of phenols is 1. The molecule has 3 rings (SSSR count). The van der Waals surface area contributed by atoms with Crippen LogP contribution in [0.15, 0.2) is 24.3 Å². The van der Waals surface area contributed by atoms with E-state index < -0.39 is 0 Å². The molecule has 0 radical (unpaired) electrons. The van der Waals surface area contributed by atoms with Crippen molar-refractivity contribution in [3.63, 3.8) is 0 Å². The van der Waals surface area contributed by atoms with Gasteiger partial charge >= 0.3 is 0 Å². The number of aromatic hydroxyl groups is 1. The lowest BCUT2D eigenvalue weighted by Crippen LogP contribution is -2.47. The van der Waals surface area contributed by atoms with E-state index in [0.29, 0.717) is 17.7 Å². The van der Waals surface area contributed by atoms with Crippen LogP contribution in [0.4, 0.5) is 0 Å². The second-order valence-electron chi connectivity index (χ2n) is 6.83. The monoisotopic (exact) mass is 303 g/mol. The van der Waals surface area contributed by atoms with Crippen LogP contribution in [0.5, 0.6) is 5.75 Å². The van der Waals surface area contributed by atoms with Crippen LogP contribution < -0.4 is 0 Å². The molecular weight excluding hydrogens is 274 g/mol. The molecule has 122 valence electrons. The highest BCUT2D eigenvalue weighted by molar-refractivity contribution is 5.34. The van der Waals surface area contributed by atoms with E-state index in [9.17, 15) is 5.11 Å². The highest BCUT2D eigenvalue weighted by atomic mass is 16.5. The van der Waals surface area contributed by atoms with Crippen molar-refractivity contribution in [1.82, 2.24) is 4.90 Å². The van der Waals surface area contributed by atoms with Crippen LogP contribution in [0, 0.1) is 5.92 Å². The molecule has 1 aromatic carbocycles. The van der Waals surface area contributed by atoms with E-state index in [1.807, 2.05) is 18.2 Å². The summed E-state index contributed by atoms with van der Waals surface area (Å²) >= 11 is 0. The first kappa shape index (κ1) is 15.8. The van der Waals surface area contributed by atoms with Crippen LogP contribution in [0.2, 0.25) is 0 Å². The Bertz CT molecular complexity index is 470. The Balaban J connectivity index is 1.83. The first-order chi connectivity index (χ1) is 10.8. The van der Waals surface area contributed by atoms with Gasteiger partial charge in [-0.05, 0) is 44.8 Å². The molecule has 2 fully saturated rings. The van der Waals surface area contributed by atoms with Crippen molar-refractivity contribution in [2.24, 2.45) is 5.92 Å². The summed E-state index contributed by atoms with van der Waals surface area (Å²) in [5.41, 5.74) is 0.957. The third-order valence-corrected chi connectivity index (χ3v) is 5.53.